The van der Waals surface area contributed by atoms with Gasteiger partial charge in [0.05, 0.1) is 11.0 Å². The Morgan fingerprint density at radius 1 is 1.05 bits per heavy atom. The van der Waals surface area contributed by atoms with Crippen molar-refractivity contribution in [2.75, 3.05) is 11.9 Å². The Labute approximate surface area is 117 Å². The van der Waals surface area contributed by atoms with Crippen molar-refractivity contribution in [2.24, 2.45) is 0 Å². The number of hydrogen-bond donors (Lipinski definition) is 1. The maximum absolute atomic E-state index is 13.9. The molecule has 0 bridgehead atoms. The number of rotatable bonds is 4. The molecule has 0 saturated carbocycles. The van der Waals surface area contributed by atoms with Crippen LogP contribution in [0.5, 0.6) is 0 Å². The smallest absolute Gasteiger partial charge is 0.290 e. The molecule has 1 N–H and O–H groups in total. The summed E-state index contributed by atoms with van der Waals surface area (Å²) in [7, 11) is 0. The van der Waals surface area contributed by atoms with Gasteiger partial charge in [-0.3, -0.25) is 0 Å². The average molecular weight is 330 g/mol. The van der Waals surface area contributed by atoms with E-state index in [1.165, 1.54) is 30.3 Å². The first-order chi connectivity index (χ1) is 8.99. The number of alkyl halides is 2. The zero-order valence-corrected chi connectivity index (χ0v) is 11.4. The number of benzene rings is 2. The molecule has 1 nitrogen and oxygen atoms in total. The fraction of sp³-hybridized carbons (Fsp3) is 0.143. The van der Waals surface area contributed by atoms with E-state index in [9.17, 15) is 13.2 Å². The van der Waals surface area contributed by atoms with Crippen LogP contribution < -0.4 is 5.32 Å². The molecule has 0 aliphatic rings. The molecule has 100 valence electrons. The molecule has 0 amide bonds. The Bertz CT molecular complexity index is 558. The minimum Gasteiger partial charge on any atom is -0.379 e. The lowest BCUT2D eigenvalue weighted by atomic mass is 10.1. The van der Waals surface area contributed by atoms with E-state index in [-0.39, 0.29) is 5.56 Å². The summed E-state index contributed by atoms with van der Waals surface area (Å²) < 4.78 is 41.3. The molecule has 19 heavy (non-hydrogen) atoms. The minimum atomic E-state index is -3.01. The lowest BCUT2D eigenvalue weighted by molar-refractivity contribution is 0.0106. The molecule has 0 saturated heterocycles. The highest BCUT2D eigenvalue weighted by molar-refractivity contribution is 9.10. The quantitative estimate of drug-likeness (QED) is 0.850. The highest BCUT2D eigenvalue weighted by Crippen LogP contribution is 2.28. The highest BCUT2D eigenvalue weighted by Gasteiger charge is 2.30. The molecule has 0 radical (unpaired) electrons. The zero-order valence-electron chi connectivity index (χ0n) is 9.84. The zero-order chi connectivity index (χ0) is 13.9. The van der Waals surface area contributed by atoms with Gasteiger partial charge in [0.1, 0.15) is 5.82 Å². The Kier molecular flexibility index (Phi) is 4.14. The third kappa shape index (κ3) is 3.50. The van der Waals surface area contributed by atoms with E-state index in [1.807, 2.05) is 0 Å². The summed E-state index contributed by atoms with van der Waals surface area (Å²) in [5.41, 5.74) is 0.247. The lowest BCUT2D eigenvalue weighted by Crippen LogP contribution is -2.24. The van der Waals surface area contributed by atoms with Gasteiger partial charge in [-0.05, 0) is 34.1 Å². The van der Waals surface area contributed by atoms with Crippen molar-refractivity contribution in [3.05, 3.63) is 64.4 Å². The van der Waals surface area contributed by atoms with E-state index in [4.69, 9.17) is 0 Å². The van der Waals surface area contributed by atoms with Gasteiger partial charge in [-0.1, -0.05) is 30.3 Å². The van der Waals surface area contributed by atoms with Gasteiger partial charge in [-0.2, -0.15) is 8.78 Å². The van der Waals surface area contributed by atoms with Crippen molar-refractivity contribution in [1.29, 1.82) is 0 Å². The van der Waals surface area contributed by atoms with Crippen LogP contribution >= 0.6 is 15.9 Å². The third-order valence-corrected chi connectivity index (χ3v) is 3.27. The highest BCUT2D eigenvalue weighted by atomic mass is 79.9. The Balaban J connectivity index is 2.07. The number of halogens is 4. The van der Waals surface area contributed by atoms with Gasteiger partial charge in [0, 0.05) is 11.3 Å². The molecule has 0 aliphatic heterocycles. The summed E-state index contributed by atoms with van der Waals surface area (Å²) in [6.07, 6.45) is 0. The lowest BCUT2D eigenvalue weighted by Gasteiger charge is -2.18. The molecule has 2 rings (SSSR count). The Hall–Kier alpha value is -1.49. The van der Waals surface area contributed by atoms with E-state index < -0.39 is 18.3 Å². The van der Waals surface area contributed by atoms with Crippen LogP contribution in [0.25, 0.3) is 0 Å². The van der Waals surface area contributed by atoms with Crippen molar-refractivity contribution < 1.29 is 13.2 Å². The second kappa shape index (κ2) is 5.65. The molecule has 0 atom stereocenters. The van der Waals surface area contributed by atoms with E-state index >= 15 is 0 Å². The van der Waals surface area contributed by atoms with Crippen LogP contribution in [0.1, 0.15) is 5.56 Å². The molecule has 0 fully saturated rings. The van der Waals surface area contributed by atoms with Crippen molar-refractivity contribution in [2.45, 2.75) is 5.92 Å². The third-order valence-electron chi connectivity index (χ3n) is 2.63. The van der Waals surface area contributed by atoms with Gasteiger partial charge in [-0.25, -0.2) is 4.39 Å². The predicted octanol–water partition coefficient (Wildman–Crippen LogP) is 4.79. The fourth-order valence-corrected chi connectivity index (χ4v) is 1.85. The van der Waals surface area contributed by atoms with E-state index in [1.54, 1.807) is 18.2 Å². The monoisotopic (exact) mass is 329 g/mol. The minimum absolute atomic E-state index is 0.0694. The summed E-state index contributed by atoms with van der Waals surface area (Å²) in [5, 5.41) is 2.54. The van der Waals surface area contributed by atoms with Crippen LogP contribution in [-0.4, -0.2) is 6.54 Å². The van der Waals surface area contributed by atoms with Crippen molar-refractivity contribution >= 4 is 21.6 Å². The van der Waals surface area contributed by atoms with Crippen molar-refractivity contribution in [3.8, 4) is 0 Å². The maximum atomic E-state index is 13.9. The molecular weight excluding hydrogens is 319 g/mol. The molecule has 5 heteroatoms. The molecule has 2 aromatic carbocycles. The van der Waals surface area contributed by atoms with Crippen LogP contribution in [-0.2, 0) is 5.92 Å². The average Bonchev–Trinajstić information content (AvgIpc) is 2.41. The number of hydrogen-bond acceptors (Lipinski definition) is 1. The fourth-order valence-electron chi connectivity index (χ4n) is 1.60. The molecular formula is C14H11BrF3N. The first-order valence-electron chi connectivity index (χ1n) is 5.61. The van der Waals surface area contributed by atoms with Crippen LogP contribution in [0, 0.1) is 5.82 Å². The van der Waals surface area contributed by atoms with Gasteiger partial charge in [0.25, 0.3) is 5.92 Å². The molecule has 0 heterocycles. The van der Waals surface area contributed by atoms with Crippen LogP contribution in [0.4, 0.5) is 18.9 Å². The summed E-state index contributed by atoms with van der Waals surface area (Å²) in [5.74, 6) is -3.50. The molecule has 0 aliphatic carbocycles. The summed E-state index contributed by atoms with van der Waals surface area (Å²) in [6, 6.07) is 11.7. The largest absolute Gasteiger partial charge is 0.379 e. The summed E-state index contributed by atoms with van der Waals surface area (Å²) in [6.45, 7) is -0.585. The number of nitrogens with one attached hydrogen (secondary N) is 1. The van der Waals surface area contributed by atoms with E-state index in [2.05, 4.69) is 21.2 Å². The first-order valence-corrected chi connectivity index (χ1v) is 6.40. The second-order valence-corrected chi connectivity index (χ2v) is 4.91. The predicted molar refractivity (Wildman–Crippen MR) is 72.9 cm³/mol. The van der Waals surface area contributed by atoms with Crippen LogP contribution in [0.15, 0.2) is 53.0 Å². The van der Waals surface area contributed by atoms with E-state index in [0.29, 0.717) is 10.2 Å². The maximum Gasteiger partial charge on any atom is 0.290 e. The topological polar surface area (TPSA) is 12.0 Å². The first kappa shape index (κ1) is 13.9. The number of anilines is 1. The van der Waals surface area contributed by atoms with Crippen LogP contribution in [0.3, 0.4) is 0 Å². The normalized spacial score (nSPS) is 11.4. The second-order valence-electron chi connectivity index (χ2n) is 4.05. The van der Waals surface area contributed by atoms with Gasteiger partial charge in [0.15, 0.2) is 0 Å². The van der Waals surface area contributed by atoms with Gasteiger partial charge >= 0.3 is 0 Å². The van der Waals surface area contributed by atoms with E-state index in [0.717, 1.165) is 0 Å². The van der Waals surface area contributed by atoms with Gasteiger partial charge in [0.2, 0.25) is 0 Å². The summed E-state index contributed by atoms with van der Waals surface area (Å²) >= 11 is 3.01. The van der Waals surface area contributed by atoms with Gasteiger partial charge in [-0.15, -0.1) is 0 Å². The van der Waals surface area contributed by atoms with Crippen molar-refractivity contribution in [1.82, 2.24) is 0 Å². The Morgan fingerprint density at radius 3 is 2.37 bits per heavy atom. The SMILES string of the molecule is Fc1cc(NCC(F)(F)c2ccccc2)ccc1Br. The molecule has 2 aromatic rings. The summed E-state index contributed by atoms with van der Waals surface area (Å²) in [4.78, 5) is 0. The molecule has 0 unspecified atom stereocenters. The Morgan fingerprint density at radius 2 is 1.74 bits per heavy atom. The molecule has 0 aromatic heterocycles. The van der Waals surface area contributed by atoms with Crippen molar-refractivity contribution in [3.63, 3.8) is 0 Å². The van der Waals surface area contributed by atoms with Crippen LogP contribution in [0.2, 0.25) is 0 Å². The van der Waals surface area contributed by atoms with Gasteiger partial charge < -0.3 is 5.32 Å². The molecule has 0 spiro atoms. The standard InChI is InChI=1S/C14H11BrF3N/c15-12-7-6-11(8-13(12)16)19-9-14(17,18)10-4-2-1-3-5-10/h1-8,19H,9H2.